The Kier molecular flexibility index (Phi) is 4.37. The van der Waals surface area contributed by atoms with E-state index in [1.807, 2.05) is 6.07 Å². The van der Waals surface area contributed by atoms with Gasteiger partial charge in [0.2, 0.25) is 0 Å². The summed E-state index contributed by atoms with van der Waals surface area (Å²) >= 11 is 0. The fraction of sp³-hybridized carbons (Fsp3) is 0.538. The van der Waals surface area contributed by atoms with E-state index in [0.29, 0.717) is 17.1 Å². The Bertz CT molecular complexity index is 437. The second kappa shape index (κ2) is 6.22. The van der Waals surface area contributed by atoms with Crippen LogP contribution in [0.25, 0.3) is 0 Å². The summed E-state index contributed by atoms with van der Waals surface area (Å²) in [5.74, 6) is 1.45. The molecule has 0 aliphatic heterocycles. The Labute approximate surface area is 107 Å². The number of nitrogen functional groups attached to an aromatic ring is 1. The molecule has 1 heterocycles. The van der Waals surface area contributed by atoms with E-state index in [4.69, 9.17) is 15.7 Å². The van der Waals surface area contributed by atoms with Crippen LogP contribution in [0.15, 0.2) is 12.3 Å². The van der Waals surface area contributed by atoms with Crippen LogP contribution in [-0.4, -0.2) is 24.7 Å². The van der Waals surface area contributed by atoms with Crippen LogP contribution >= 0.6 is 0 Å². The van der Waals surface area contributed by atoms with Gasteiger partial charge in [-0.2, -0.15) is 5.26 Å². The number of aromatic nitrogens is 1. The van der Waals surface area contributed by atoms with Crippen LogP contribution in [0.3, 0.4) is 0 Å². The second-order valence-corrected chi connectivity index (χ2v) is 4.57. The number of nitrogens with two attached hydrogens (primary N) is 1. The van der Waals surface area contributed by atoms with E-state index >= 15 is 0 Å². The van der Waals surface area contributed by atoms with Crippen molar-refractivity contribution >= 4 is 11.5 Å². The highest BCUT2D eigenvalue weighted by molar-refractivity contribution is 5.62. The number of pyridine rings is 1. The molecule has 5 nitrogen and oxygen atoms in total. The highest BCUT2D eigenvalue weighted by Crippen LogP contribution is 2.28. The van der Waals surface area contributed by atoms with Crippen LogP contribution in [-0.2, 0) is 4.74 Å². The van der Waals surface area contributed by atoms with E-state index in [1.165, 1.54) is 19.0 Å². The second-order valence-electron chi connectivity index (χ2n) is 4.57. The average molecular weight is 246 g/mol. The van der Waals surface area contributed by atoms with E-state index in [0.717, 1.165) is 32.1 Å². The summed E-state index contributed by atoms with van der Waals surface area (Å²) in [6, 6.07) is 3.63. The van der Waals surface area contributed by atoms with Crippen molar-refractivity contribution < 1.29 is 4.74 Å². The van der Waals surface area contributed by atoms with Gasteiger partial charge in [0, 0.05) is 26.0 Å². The molecule has 2 rings (SSSR count). The standard InChI is InChI=1S/C13H18N4O/c14-7-11-6-12(15)13(17-8-11)16-4-1-5-18-9-10-2-3-10/h6,8,10H,1-5,9,15H2,(H,16,17). The molecular formula is C13H18N4O. The smallest absolute Gasteiger partial charge is 0.149 e. The minimum Gasteiger partial charge on any atom is -0.396 e. The number of nitriles is 1. The maximum atomic E-state index is 8.69. The van der Waals surface area contributed by atoms with Gasteiger partial charge >= 0.3 is 0 Å². The first-order valence-electron chi connectivity index (χ1n) is 6.27. The third-order valence-electron chi connectivity index (χ3n) is 2.85. The van der Waals surface area contributed by atoms with E-state index in [9.17, 15) is 0 Å². The largest absolute Gasteiger partial charge is 0.396 e. The van der Waals surface area contributed by atoms with Crippen molar-refractivity contribution in [2.45, 2.75) is 19.3 Å². The van der Waals surface area contributed by atoms with Crippen LogP contribution in [0.1, 0.15) is 24.8 Å². The van der Waals surface area contributed by atoms with Gasteiger partial charge in [0.25, 0.3) is 0 Å². The van der Waals surface area contributed by atoms with Crippen molar-refractivity contribution in [2.24, 2.45) is 5.92 Å². The maximum Gasteiger partial charge on any atom is 0.149 e. The van der Waals surface area contributed by atoms with Crippen molar-refractivity contribution in [1.82, 2.24) is 4.98 Å². The zero-order valence-corrected chi connectivity index (χ0v) is 10.4. The molecule has 1 aromatic rings. The molecule has 0 atom stereocenters. The predicted octanol–water partition coefficient (Wildman–Crippen LogP) is 1.76. The summed E-state index contributed by atoms with van der Waals surface area (Å²) in [6.07, 6.45) is 5.09. The first kappa shape index (κ1) is 12.7. The van der Waals surface area contributed by atoms with Gasteiger partial charge in [0.15, 0.2) is 0 Å². The molecule has 0 unspecified atom stereocenters. The lowest BCUT2D eigenvalue weighted by molar-refractivity contribution is 0.124. The van der Waals surface area contributed by atoms with Crippen LogP contribution in [0, 0.1) is 17.2 Å². The van der Waals surface area contributed by atoms with Crippen molar-refractivity contribution in [3.8, 4) is 6.07 Å². The number of rotatable bonds is 7. The van der Waals surface area contributed by atoms with Crippen molar-refractivity contribution in [3.63, 3.8) is 0 Å². The fourth-order valence-electron chi connectivity index (χ4n) is 1.61. The lowest BCUT2D eigenvalue weighted by Gasteiger charge is -2.08. The Morgan fingerprint density at radius 2 is 2.39 bits per heavy atom. The lowest BCUT2D eigenvalue weighted by Crippen LogP contribution is -2.09. The summed E-state index contributed by atoms with van der Waals surface area (Å²) < 4.78 is 5.53. The van der Waals surface area contributed by atoms with Gasteiger partial charge in [-0.1, -0.05) is 0 Å². The molecule has 0 amide bonds. The van der Waals surface area contributed by atoms with Gasteiger partial charge < -0.3 is 15.8 Å². The van der Waals surface area contributed by atoms with Crippen LogP contribution in [0.5, 0.6) is 0 Å². The van der Waals surface area contributed by atoms with Gasteiger partial charge in [0.05, 0.1) is 11.3 Å². The Morgan fingerprint density at radius 3 is 3.06 bits per heavy atom. The molecule has 1 aromatic heterocycles. The van der Waals surface area contributed by atoms with Gasteiger partial charge in [-0.05, 0) is 31.2 Å². The number of hydrogen-bond acceptors (Lipinski definition) is 5. The molecule has 3 N–H and O–H groups in total. The van der Waals surface area contributed by atoms with Crippen molar-refractivity contribution in [3.05, 3.63) is 17.8 Å². The Hall–Kier alpha value is -1.80. The summed E-state index contributed by atoms with van der Waals surface area (Å²) in [5, 5.41) is 11.8. The molecule has 5 heteroatoms. The minimum absolute atomic E-state index is 0.478. The molecule has 1 fully saturated rings. The number of hydrogen-bond donors (Lipinski definition) is 2. The molecule has 0 radical (unpaired) electrons. The van der Waals surface area contributed by atoms with E-state index < -0.39 is 0 Å². The minimum atomic E-state index is 0.478. The average Bonchev–Trinajstić information content (AvgIpc) is 3.19. The molecule has 0 spiro atoms. The lowest BCUT2D eigenvalue weighted by atomic mass is 10.3. The molecule has 0 aromatic carbocycles. The quantitative estimate of drug-likeness (QED) is 0.716. The zero-order chi connectivity index (χ0) is 12.8. The first-order chi connectivity index (χ1) is 8.79. The fourth-order valence-corrected chi connectivity index (χ4v) is 1.61. The maximum absolute atomic E-state index is 8.69. The predicted molar refractivity (Wildman–Crippen MR) is 70.0 cm³/mol. The van der Waals surface area contributed by atoms with Crippen LogP contribution in [0.2, 0.25) is 0 Å². The molecule has 0 saturated heterocycles. The normalized spacial score (nSPS) is 14.2. The molecule has 18 heavy (non-hydrogen) atoms. The summed E-state index contributed by atoms with van der Waals surface area (Å²) in [7, 11) is 0. The van der Waals surface area contributed by atoms with Crippen molar-refractivity contribution in [2.75, 3.05) is 30.8 Å². The topological polar surface area (TPSA) is 84.0 Å². The number of anilines is 2. The van der Waals surface area contributed by atoms with E-state index in [-0.39, 0.29) is 0 Å². The van der Waals surface area contributed by atoms with E-state index in [1.54, 1.807) is 6.07 Å². The third kappa shape index (κ3) is 3.90. The highest BCUT2D eigenvalue weighted by Gasteiger charge is 2.20. The summed E-state index contributed by atoms with van der Waals surface area (Å²) in [6.45, 7) is 2.44. The van der Waals surface area contributed by atoms with E-state index in [2.05, 4.69) is 10.3 Å². The molecule has 1 saturated carbocycles. The number of nitrogens with zero attached hydrogens (tertiary/aromatic N) is 2. The summed E-state index contributed by atoms with van der Waals surface area (Å²) in [5.41, 5.74) is 6.76. The molecule has 96 valence electrons. The van der Waals surface area contributed by atoms with Gasteiger partial charge in [-0.3, -0.25) is 0 Å². The highest BCUT2D eigenvalue weighted by atomic mass is 16.5. The monoisotopic (exact) mass is 246 g/mol. The third-order valence-corrected chi connectivity index (χ3v) is 2.85. The van der Waals surface area contributed by atoms with Gasteiger partial charge in [-0.15, -0.1) is 0 Å². The molecular weight excluding hydrogens is 228 g/mol. The number of nitrogens with one attached hydrogen (secondary N) is 1. The Morgan fingerprint density at radius 1 is 1.56 bits per heavy atom. The van der Waals surface area contributed by atoms with Gasteiger partial charge in [-0.25, -0.2) is 4.98 Å². The van der Waals surface area contributed by atoms with Crippen molar-refractivity contribution in [1.29, 1.82) is 5.26 Å². The van der Waals surface area contributed by atoms with Crippen LogP contribution < -0.4 is 11.1 Å². The molecule has 1 aliphatic carbocycles. The molecule has 0 bridgehead atoms. The molecule has 1 aliphatic rings. The SMILES string of the molecule is N#Cc1cnc(NCCCOCC2CC2)c(N)c1. The number of ether oxygens (including phenoxy) is 1. The Balaban J connectivity index is 1.64. The first-order valence-corrected chi connectivity index (χ1v) is 6.27. The zero-order valence-electron chi connectivity index (χ0n) is 10.4. The van der Waals surface area contributed by atoms with Gasteiger partial charge in [0.1, 0.15) is 11.9 Å². The van der Waals surface area contributed by atoms with Crippen LogP contribution in [0.4, 0.5) is 11.5 Å². The summed E-state index contributed by atoms with van der Waals surface area (Å²) in [4.78, 5) is 4.11.